The predicted octanol–water partition coefficient (Wildman–Crippen LogP) is 2.60. The van der Waals surface area contributed by atoms with Crippen molar-refractivity contribution in [2.45, 2.75) is 25.9 Å². The van der Waals surface area contributed by atoms with Crippen molar-refractivity contribution in [2.24, 2.45) is 0 Å². The standard InChI is InChI=1S/C10H17BrN2S/c1-10(2,12-3)7-13-6-8-4-5-9(11)14-8/h4-5,12-13H,6-7H2,1-3H3. The number of rotatable bonds is 5. The summed E-state index contributed by atoms with van der Waals surface area (Å²) in [5.74, 6) is 0. The lowest BCUT2D eigenvalue weighted by Gasteiger charge is -2.24. The zero-order valence-electron chi connectivity index (χ0n) is 8.86. The Labute approximate surface area is 98.2 Å². The summed E-state index contributed by atoms with van der Waals surface area (Å²) in [5, 5.41) is 6.70. The number of likely N-dealkylation sites (N-methyl/N-ethyl adjacent to an activating group) is 1. The molecule has 0 aliphatic heterocycles. The molecule has 14 heavy (non-hydrogen) atoms. The molecule has 4 heteroatoms. The monoisotopic (exact) mass is 276 g/mol. The van der Waals surface area contributed by atoms with Crippen LogP contribution in [0.3, 0.4) is 0 Å². The Morgan fingerprint density at radius 1 is 1.43 bits per heavy atom. The number of nitrogens with one attached hydrogen (secondary N) is 2. The van der Waals surface area contributed by atoms with Gasteiger partial charge in [0.2, 0.25) is 0 Å². The van der Waals surface area contributed by atoms with E-state index >= 15 is 0 Å². The first-order chi connectivity index (χ1) is 6.53. The molecule has 0 saturated heterocycles. The zero-order valence-corrected chi connectivity index (χ0v) is 11.3. The molecule has 0 fully saturated rings. The fourth-order valence-corrected chi connectivity index (χ4v) is 2.49. The molecule has 1 rings (SSSR count). The van der Waals surface area contributed by atoms with E-state index < -0.39 is 0 Å². The first kappa shape index (κ1) is 12.2. The van der Waals surface area contributed by atoms with Crippen LogP contribution in [0.25, 0.3) is 0 Å². The van der Waals surface area contributed by atoms with E-state index in [2.05, 4.69) is 52.5 Å². The first-order valence-corrected chi connectivity index (χ1v) is 6.28. The number of hydrogen-bond acceptors (Lipinski definition) is 3. The Morgan fingerprint density at radius 2 is 2.14 bits per heavy atom. The third-order valence-corrected chi connectivity index (χ3v) is 3.80. The first-order valence-electron chi connectivity index (χ1n) is 4.67. The van der Waals surface area contributed by atoms with Gasteiger partial charge in [-0.3, -0.25) is 0 Å². The summed E-state index contributed by atoms with van der Waals surface area (Å²) in [6.07, 6.45) is 0. The van der Waals surface area contributed by atoms with Gasteiger partial charge in [-0.05, 0) is 49.0 Å². The molecule has 1 heterocycles. The third kappa shape index (κ3) is 4.09. The van der Waals surface area contributed by atoms with Gasteiger partial charge in [0.15, 0.2) is 0 Å². The Morgan fingerprint density at radius 3 is 2.64 bits per heavy atom. The van der Waals surface area contributed by atoms with Gasteiger partial charge in [-0.2, -0.15) is 0 Å². The molecule has 0 amide bonds. The third-order valence-electron chi connectivity index (χ3n) is 2.17. The summed E-state index contributed by atoms with van der Waals surface area (Å²) < 4.78 is 1.20. The molecule has 1 aromatic rings. The average molecular weight is 277 g/mol. The van der Waals surface area contributed by atoms with Crippen LogP contribution in [0.15, 0.2) is 15.9 Å². The second kappa shape index (κ2) is 5.26. The number of hydrogen-bond donors (Lipinski definition) is 2. The molecule has 0 atom stereocenters. The predicted molar refractivity (Wildman–Crippen MR) is 66.9 cm³/mol. The van der Waals surface area contributed by atoms with Crippen molar-refractivity contribution in [1.82, 2.24) is 10.6 Å². The van der Waals surface area contributed by atoms with Gasteiger partial charge in [0.1, 0.15) is 0 Å². The molecule has 0 saturated carbocycles. The Kier molecular flexibility index (Phi) is 4.57. The topological polar surface area (TPSA) is 24.1 Å². The molecular formula is C10H17BrN2S. The zero-order chi connectivity index (χ0) is 10.6. The Balaban J connectivity index is 2.28. The van der Waals surface area contributed by atoms with Gasteiger partial charge in [0.25, 0.3) is 0 Å². The van der Waals surface area contributed by atoms with Gasteiger partial charge >= 0.3 is 0 Å². The van der Waals surface area contributed by atoms with Crippen LogP contribution in [-0.2, 0) is 6.54 Å². The molecule has 0 aliphatic rings. The van der Waals surface area contributed by atoms with E-state index in [1.807, 2.05) is 7.05 Å². The van der Waals surface area contributed by atoms with Crippen molar-refractivity contribution in [3.05, 3.63) is 20.8 Å². The van der Waals surface area contributed by atoms with Crippen LogP contribution in [0.4, 0.5) is 0 Å². The molecule has 0 spiro atoms. The van der Waals surface area contributed by atoms with Crippen molar-refractivity contribution in [3.63, 3.8) is 0 Å². The molecule has 0 aliphatic carbocycles. The van der Waals surface area contributed by atoms with Crippen LogP contribution in [0, 0.1) is 0 Å². The molecule has 0 radical (unpaired) electrons. The van der Waals surface area contributed by atoms with Gasteiger partial charge in [0, 0.05) is 23.5 Å². The highest BCUT2D eigenvalue weighted by Crippen LogP contribution is 2.21. The van der Waals surface area contributed by atoms with E-state index in [9.17, 15) is 0 Å². The molecule has 0 aromatic carbocycles. The van der Waals surface area contributed by atoms with E-state index in [-0.39, 0.29) is 5.54 Å². The van der Waals surface area contributed by atoms with Gasteiger partial charge < -0.3 is 10.6 Å². The number of halogens is 1. The van der Waals surface area contributed by atoms with Gasteiger partial charge in [-0.25, -0.2) is 0 Å². The minimum absolute atomic E-state index is 0.161. The Hall–Kier alpha value is 0.1000. The fraction of sp³-hybridized carbons (Fsp3) is 0.600. The lowest BCUT2D eigenvalue weighted by Crippen LogP contribution is -2.45. The normalized spacial score (nSPS) is 12.0. The molecule has 2 N–H and O–H groups in total. The highest BCUT2D eigenvalue weighted by atomic mass is 79.9. The maximum atomic E-state index is 3.46. The van der Waals surface area contributed by atoms with Gasteiger partial charge in [-0.15, -0.1) is 11.3 Å². The SMILES string of the molecule is CNC(C)(C)CNCc1ccc(Br)s1. The fourth-order valence-electron chi connectivity index (χ4n) is 1.03. The molecule has 80 valence electrons. The van der Waals surface area contributed by atoms with Crippen LogP contribution in [0.5, 0.6) is 0 Å². The molecular weight excluding hydrogens is 260 g/mol. The summed E-state index contributed by atoms with van der Waals surface area (Å²) >= 11 is 5.24. The summed E-state index contributed by atoms with van der Waals surface area (Å²) in [6, 6.07) is 4.24. The van der Waals surface area contributed by atoms with Crippen molar-refractivity contribution in [1.29, 1.82) is 0 Å². The van der Waals surface area contributed by atoms with E-state index in [0.29, 0.717) is 0 Å². The lowest BCUT2D eigenvalue weighted by molar-refractivity contribution is 0.394. The van der Waals surface area contributed by atoms with Crippen LogP contribution in [0.1, 0.15) is 18.7 Å². The summed E-state index contributed by atoms with van der Waals surface area (Å²) in [5.41, 5.74) is 0.161. The minimum Gasteiger partial charge on any atom is -0.314 e. The smallest absolute Gasteiger partial charge is 0.0701 e. The van der Waals surface area contributed by atoms with Crippen LogP contribution < -0.4 is 10.6 Å². The van der Waals surface area contributed by atoms with Crippen molar-refractivity contribution < 1.29 is 0 Å². The summed E-state index contributed by atoms with van der Waals surface area (Å²) in [4.78, 5) is 1.36. The maximum Gasteiger partial charge on any atom is 0.0701 e. The average Bonchev–Trinajstić information content (AvgIpc) is 2.51. The second-order valence-electron chi connectivity index (χ2n) is 3.94. The maximum absolute atomic E-state index is 3.46. The van der Waals surface area contributed by atoms with Crippen molar-refractivity contribution >= 4 is 27.3 Å². The largest absolute Gasteiger partial charge is 0.314 e. The molecule has 2 nitrogen and oxygen atoms in total. The van der Waals surface area contributed by atoms with Crippen LogP contribution in [-0.4, -0.2) is 19.1 Å². The van der Waals surface area contributed by atoms with Gasteiger partial charge in [0.05, 0.1) is 3.79 Å². The van der Waals surface area contributed by atoms with E-state index in [0.717, 1.165) is 13.1 Å². The molecule has 0 bridgehead atoms. The van der Waals surface area contributed by atoms with E-state index in [1.165, 1.54) is 8.66 Å². The molecule has 0 unspecified atom stereocenters. The summed E-state index contributed by atoms with van der Waals surface area (Å²) in [7, 11) is 1.99. The van der Waals surface area contributed by atoms with Crippen molar-refractivity contribution in [2.75, 3.05) is 13.6 Å². The van der Waals surface area contributed by atoms with Gasteiger partial charge in [-0.1, -0.05) is 0 Å². The lowest BCUT2D eigenvalue weighted by atomic mass is 10.1. The van der Waals surface area contributed by atoms with Crippen molar-refractivity contribution in [3.8, 4) is 0 Å². The highest BCUT2D eigenvalue weighted by molar-refractivity contribution is 9.11. The number of thiophene rings is 1. The van der Waals surface area contributed by atoms with Crippen LogP contribution >= 0.6 is 27.3 Å². The minimum atomic E-state index is 0.161. The molecule has 1 aromatic heterocycles. The quantitative estimate of drug-likeness (QED) is 0.864. The van der Waals surface area contributed by atoms with E-state index in [1.54, 1.807) is 11.3 Å². The Bertz CT molecular complexity index is 283. The van der Waals surface area contributed by atoms with Crippen LogP contribution in [0.2, 0.25) is 0 Å². The second-order valence-corrected chi connectivity index (χ2v) is 6.49. The highest BCUT2D eigenvalue weighted by Gasteiger charge is 2.13. The van der Waals surface area contributed by atoms with E-state index in [4.69, 9.17) is 0 Å². The summed E-state index contributed by atoms with van der Waals surface area (Å²) in [6.45, 7) is 6.29.